The number of carbonyl (C=O) groups is 3. The molecule has 2 N–H and O–H groups in total. The van der Waals surface area contributed by atoms with Crippen LogP contribution in [0.1, 0.15) is 29.6 Å². The van der Waals surface area contributed by atoms with E-state index in [0.29, 0.717) is 22.7 Å². The van der Waals surface area contributed by atoms with Gasteiger partial charge in [-0.15, -0.1) is 0 Å². The number of thioether (sulfide) groups is 1. The van der Waals surface area contributed by atoms with Crippen molar-refractivity contribution in [3.8, 4) is 5.75 Å². The topological polar surface area (TPSA) is 100 Å². The lowest BCUT2D eigenvalue weighted by Gasteiger charge is -2.16. The molecule has 32 heavy (non-hydrogen) atoms. The van der Waals surface area contributed by atoms with Gasteiger partial charge in [0.1, 0.15) is 11.0 Å². The van der Waals surface area contributed by atoms with Crippen LogP contribution in [0.2, 0.25) is 0 Å². The maximum Gasteiger partial charge on any atom is 0.262 e. The standard InChI is InChI=1S/C23H24N4O4S/c1-31-18-6-4-5-17(13-18)25-21(29)15-7-9-16(10-8-15)24-20(28)14-19-22(30)26-23(32-19)27-11-2-3-12-27/h4-10,13,19H,2-3,11-12,14H2,1H3,(H,24,28)(H,25,29)/t19-/m1/s1. The number of amides is 3. The number of hydrogen-bond acceptors (Lipinski definition) is 6. The Balaban J connectivity index is 1.29. The molecule has 0 saturated carbocycles. The minimum Gasteiger partial charge on any atom is -0.497 e. The lowest BCUT2D eigenvalue weighted by molar-refractivity contribution is -0.121. The number of nitrogens with one attached hydrogen (secondary N) is 2. The molecule has 0 unspecified atom stereocenters. The lowest BCUT2D eigenvalue weighted by Crippen LogP contribution is -2.25. The van der Waals surface area contributed by atoms with Crippen molar-refractivity contribution < 1.29 is 19.1 Å². The average Bonchev–Trinajstić information content (AvgIpc) is 3.45. The van der Waals surface area contributed by atoms with Gasteiger partial charge in [-0.2, -0.15) is 4.99 Å². The number of carbonyl (C=O) groups excluding carboxylic acids is 3. The molecule has 9 heteroatoms. The fourth-order valence-corrected chi connectivity index (χ4v) is 4.66. The van der Waals surface area contributed by atoms with Gasteiger partial charge in [0.25, 0.3) is 11.8 Å². The predicted octanol–water partition coefficient (Wildman–Crippen LogP) is 3.37. The van der Waals surface area contributed by atoms with E-state index >= 15 is 0 Å². The maximum atomic E-state index is 12.5. The molecule has 0 aromatic heterocycles. The third-order valence-electron chi connectivity index (χ3n) is 5.23. The van der Waals surface area contributed by atoms with Crippen molar-refractivity contribution in [2.45, 2.75) is 24.5 Å². The Labute approximate surface area is 190 Å². The molecule has 3 amide bonds. The van der Waals surface area contributed by atoms with Gasteiger partial charge in [-0.1, -0.05) is 17.8 Å². The summed E-state index contributed by atoms with van der Waals surface area (Å²) in [4.78, 5) is 43.3. The number of nitrogens with zero attached hydrogens (tertiary/aromatic N) is 2. The number of anilines is 2. The summed E-state index contributed by atoms with van der Waals surface area (Å²) in [6, 6.07) is 13.7. The first-order valence-electron chi connectivity index (χ1n) is 10.4. The fraction of sp³-hybridized carbons (Fsp3) is 0.304. The number of aliphatic imine (C=N–C) groups is 1. The maximum absolute atomic E-state index is 12.5. The third kappa shape index (κ3) is 5.28. The quantitative estimate of drug-likeness (QED) is 0.697. The van der Waals surface area contributed by atoms with E-state index in [2.05, 4.69) is 20.5 Å². The van der Waals surface area contributed by atoms with E-state index < -0.39 is 5.25 Å². The summed E-state index contributed by atoms with van der Waals surface area (Å²) in [5, 5.41) is 5.84. The zero-order chi connectivity index (χ0) is 22.5. The smallest absolute Gasteiger partial charge is 0.262 e. The van der Waals surface area contributed by atoms with Crippen molar-refractivity contribution in [2.24, 2.45) is 4.99 Å². The second-order valence-electron chi connectivity index (χ2n) is 7.55. The molecule has 2 aliphatic heterocycles. The molecule has 2 aromatic carbocycles. The van der Waals surface area contributed by atoms with Gasteiger partial charge in [0.2, 0.25) is 5.91 Å². The van der Waals surface area contributed by atoms with E-state index in [1.807, 2.05) is 0 Å². The van der Waals surface area contributed by atoms with Crippen LogP contribution in [0, 0.1) is 0 Å². The van der Waals surface area contributed by atoms with Gasteiger partial charge in [-0.05, 0) is 49.2 Å². The molecule has 1 fully saturated rings. The van der Waals surface area contributed by atoms with Crippen molar-refractivity contribution in [1.82, 2.24) is 4.90 Å². The number of rotatable bonds is 6. The van der Waals surface area contributed by atoms with Gasteiger partial charge in [-0.3, -0.25) is 14.4 Å². The van der Waals surface area contributed by atoms with E-state index in [-0.39, 0.29) is 24.1 Å². The number of amidine groups is 1. The van der Waals surface area contributed by atoms with Gasteiger partial charge in [0.15, 0.2) is 5.17 Å². The minimum absolute atomic E-state index is 0.0580. The van der Waals surface area contributed by atoms with Crippen LogP contribution in [0.15, 0.2) is 53.5 Å². The van der Waals surface area contributed by atoms with Crippen LogP contribution >= 0.6 is 11.8 Å². The Kier molecular flexibility index (Phi) is 6.75. The van der Waals surface area contributed by atoms with Gasteiger partial charge >= 0.3 is 0 Å². The zero-order valence-electron chi connectivity index (χ0n) is 17.7. The Morgan fingerprint density at radius 2 is 1.84 bits per heavy atom. The molecule has 2 heterocycles. The summed E-state index contributed by atoms with van der Waals surface area (Å²) in [7, 11) is 1.56. The highest BCUT2D eigenvalue weighted by atomic mass is 32.2. The lowest BCUT2D eigenvalue weighted by atomic mass is 10.1. The first-order chi connectivity index (χ1) is 15.5. The first-order valence-corrected chi connectivity index (χ1v) is 11.3. The second-order valence-corrected chi connectivity index (χ2v) is 8.72. The molecule has 8 nitrogen and oxygen atoms in total. The SMILES string of the molecule is COc1cccc(NC(=O)c2ccc(NC(=O)C[C@H]3SC(N4CCCC4)=NC3=O)cc2)c1. The van der Waals surface area contributed by atoms with Gasteiger partial charge in [0.05, 0.1) is 7.11 Å². The summed E-state index contributed by atoms with van der Waals surface area (Å²) in [6.45, 7) is 1.82. The van der Waals surface area contributed by atoms with Crippen molar-refractivity contribution in [1.29, 1.82) is 0 Å². The second kappa shape index (κ2) is 9.86. The molecule has 0 aliphatic carbocycles. The molecule has 4 rings (SSSR count). The number of ether oxygens (including phenoxy) is 1. The predicted molar refractivity (Wildman–Crippen MR) is 125 cm³/mol. The van der Waals surface area contributed by atoms with E-state index in [4.69, 9.17) is 4.74 Å². The molecule has 1 saturated heterocycles. The van der Waals surface area contributed by atoms with Crippen LogP contribution in [-0.2, 0) is 9.59 Å². The zero-order valence-corrected chi connectivity index (χ0v) is 18.5. The summed E-state index contributed by atoms with van der Waals surface area (Å²) >= 11 is 1.37. The molecule has 1 atom stereocenters. The summed E-state index contributed by atoms with van der Waals surface area (Å²) in [5.41, 5.74) is 1.64. The number of benzene rings is 2. The summed E-state index contributed by atoms with van der Waals surface area (Å²) in [5.74, 6) is -0.132. The van der Waals surface area contributed by atoms with Crippen LogP contribution in [0.4, 0.5) is 11.4 Å². The third-order valence-corrected chi connectivity index (χ3v) is 6.45. The van der Waals surface area contributed by atoms with E-state index in [9.17, 15) is 14.4 Å². The van der Waals surface area contributed by atoms with Crippen molar-refractivity contribution in [3.05, 3.63) is 54.1 Å². The van der Waals surface area contributed by atoms with Crippen LogP contribution in [0.25, 0.3) is 0 Å². The molecule has 2 aliphatic rings. The average molecular weight is 453 g/mol. The van der Waals surface area contributed by atoms with Crippen LogP contribution in [0.3, 0.4) is 0 Å². The highest BCUT2D eigenvalue weighted by molar-refractivity contribution is 8.15. The van der Waals surface area contributed by atoms with Crippen LogP contribution in [0.5, 0.6) is 5.75 Å². The monoisotopic (exact) mass is 452 g/mol. The molecule has 2 aromatic rings. The molecule has 0 radical (unpaired) electrons. The number of hydrogen-bond donors (Lipinski definition) is 2. The molecule has 0 spiro atoms. The van der Waals surface area contributed by atoms with Crippen LogP contribution < -0.4 is 15.4 Å². The number of methoxy groups -OCH3 is 1. The molecular formula is C23H24N4O4S. The Morgan fingerprint density at radius 1 is 1.09 bits per heavy atom. The molecule has 0 bridgehead atoms. The number of likely N-dealkylation sites (tertiary alicyclic amines) is 1. The van der Waals surface area contributed by atoms with Crippen molar-refractivity contribution in [3.63, 3.8) is 0 Å². The normalized spacial score (nSPS) is 17.8. The van der Waals surface area contributed by atoms with E-state index in [0.717, 1.165) is 31.1 Å². The van der Waals surface area contributed by atoms with Gasteiger partial charge < -0.3 is 20.3 Å². The molecule has 166 valence electrons. The van der Waals surface area contributed by atoms with E-state index in [1.165, 1.54) is 11.8 Å². The van der Waals surface area contributed by atoms with E-state index in [1.54, 1.807) is 55.6 Å². The summed E-state index contributed by atoms with van der Waals surface area (Å²) in [6.07, 6.45) is 2.27. The fourth-order valence-electron chi connectivity index (χ4n) is 3.54. The minimum atomic E-state index is -0.487. The Morgan fingerprint density at radius 3 is 2.56 bits per heavy atom. The van der Waals surface area contributed by atoms with Crippen molar-refractivity contribution >= 4 is 46.0 Å². The van der Waals surface area contributed by atoms with Crippen LogP contribution in [-0.4, -0.2) is 53.2 Å². The van der Waals surface area contributed by atoms with Crippen molar-refractivity contribution in [2.75, 3.05) is 30.8 Å². The molecular weight excluding hydrogens is 428 g/mol. The highest BCUT2D eigenvalue weighted by Gasteiger charge is 2.33. The Bertz CT molecular complexity index is 1050. The van der Waals surface area contributed by atoms with Gasteiger partial charge in [0, 0.05) is 42.5 Å². The largest absolute Gasteiger partial charge is 0.497 e. The summed E-state index contributed by atoms with van der Waals surface area (Å²) < 4.78 is 5.16. The van der Waals surface area contributed by atoms with Gasteiger partial charge in [-0.25, -0.2) is 0 Å². The Hall–Kier alpha value is -3.33. The highest BCUT2D eigenvalue weighted by Crippen LogP contribution is 2.29. The first kappa shape index (κ1) is 21.9.